The number of amides is 1. The minimum atomic E-state index is -1.05. The largest absolute Gasteiger partial charge is 0.378 e. The highest BCUT2D eigenvalue weighted by atomic mass is 19.1. The van der Waals surface area contributed by atoms with Crippen molar-refractivity contribution >= 4 is 17.3 Å². The molecule has 0 saturated heterocycles. The summed E-state index contributed by atoms with van der Waals surface area (Å²) in [5, 5.41) is 9.39. The van der Waals surface area contributed by atoms with E-state index in [0.29, 0.717) is 11.8 Å². The fraction of sp³-hybridized carbons (Fsp3) is 0.176. The summed E-state index contributed by atoms with van der Waals surface area (Å²) in [6.45, 7) is 0. The molecule has 1 amide bonds. The number of carbonyl (C=O) groups excluding carboxylic acids is 1. The molecular weight excluding hydrogens is 300 g/mol. The highest BCUT2D eigenvalue weighted by Crippen LogP contribution is 2.39. The molecule has 1 aliphatic rings. The number of benzene rings is 2. The summed E-state index contributed by atoms with van der Waals surface area (Å²) in [6, 6.07) is 9.53. The quantitative estimate of drug-likeness (QED) is 0.855. The van der Waals surface area contributed by atoms with E-state index < -0.39 is 23.6 Å². The summed E-state index contributed by atoms with van der Waals surface area (Å²) in [6.07, 6.45) is 0. The maximum absolute atomic E-state index is 14.0. The molecule has 1 heterocycles. The van der Waals surface area contributed by atoms with E-state index in [1.54, 1.807) is 24.3 Å². The van der Waals surface area contributed by atoms with Gasteiger partial charge in [0.15, 0.2) is 6.04 Å². The van der Waals surface area contributed by atoms with Gasteiger partial charge in [-0.1, -0.05) is 0 Å². The van der Waals surface area contributed by atoms with E-state index in [9.17, 15) is 18.8 Å². The molecule has 2 aromatic carbocycles. The van der Waals surface area contributed by atoms with Gasteiger partial charge in [0, 0.05) is 37.1 Å². The topological polar surface area (TPSA) is 47.3 Å². The molecule has 116 valence electrons. The number of rotatable bonds is 2. The van der Waals surface area contributed by atoms with Crippen molar-refractivity contribution in [1.82, 2.24) is 0 Å². The molecule has 23 heavy (non-hydrogen) atoms. The molecular formula is C17H13F2N3O. The average molecular weight is 313 g/mol. The van der Waals surface area contributed by atoms with E-state index in [1.807, 2.05) is 25.1 Å². The predicted molar refractivity (Wildman–Crippen MR) is 82.3 cm³/mol. The molecule has 2 aromatic rings. The number of nitriles is 1. The lowest BCUT2D eigenvalue weighted by Gasteiger charge is -2.21. The van der Waals surface area contributed by atoms with Gasteiger partial charge in [-0.2, -0.15) is 5.26 Å². The summed E-state index contributed by atoms with van der Waals surface area (Å²) >= 11 is 0. The fourth-order valence-corrected chi connectivity index (χ4v) is 2.72. The van der Waals surface area contributed by atoms with Gasteiger partial charge in [0.05, 0.1) is 11.6 Å². The van der Waals surface area contributed by atoms with E-state index in [2.05, 4.69) is 0 Å². The lowest BCUT2D eigenvalue weighted by atomic mass is 10.0. The van der Waals surface area contributed by atoms with Crippen LogP contribution in [-0.4, -0.2) is 20.0 Å². The Morgan fingerprint density at radius 2 is 1.83 bits per heavy atom. The Hall–Kier alpha value is -2.94. The molecule has 1 atom stereocenters. The summed E-state index contributed by atoms with van der Waals surface area (Å²) in [4.78, 5) is 15.6. The zero-order chi connectivity index (χ0) is 16.7. The van der Waals surface area contributed by atoms with Gasteiger partial charge < -0.3 is 4.90 Å². The molecule has 0 bridgehead atoms. The standard InChI is InChI=1S/C17H13F2N3O/c1-21(2)11-3-5-12(6-4-11)22-15(9-20)13-7-10(18)8-14(19)16(13)17(22)23/h3-8,15H,1-2H3. The summed E-state index contributed by atoms with van der Waals surface area (Å²) < 4.78 is 27.4. The van der Waals surface area contributed by atoms with Crippen LogP contribution in [0.15, 0.2) is 36.4 Å². The molecule has 0 spiro atoms. The van der Waals surface area contributed by atoms with Crippen LogP contribution < -0.4 is 9.80 Å². The van der Waals surface area contributed by atoms with Crippen molar-refractivity contribution in [2.75, 3.05) is 23.9 Å². The maximum Gasteiger partial charge on any atom is 0.263 e. The first-order chi connectivity index (χ1) is 10.9. The maximum atomic E-state index is 14.0. The van der Waals surface area contributed by atoms with Gasteiger partial charge in [0.2, 0.25) is 0 Å². The summed E-state index contributed by atoms with van der Waals surface area (Å²) in [5.74, 6) is -2.39. The number of anilines is 2. The SMILES string of the molecule is CN(C)c1ccc(N2C(=O)c3c(F)cc(F)cc3C2C#N)cc1. The first kappa shape index (κ1) is 15.0. The van der Waals surface area contributed by atoms with Gasteiger partial charge in [0.25, 0.3) is 5.91 Å². The highest BCUT2D eigenvalue weighted by Gasteiger charge is 2.40. The third-order valence-corrected chi connectivity index (χ3v) is 3.84. The Bertz CT molecular complexity index is 825. The number of carbonyl (C=O) groups is 1. The van der Waals surface area contributed by atoms with Crippen LogP contribution in [0.4, 0.5) is 20.2 Å². The van der Waals surface area contributed by atoms with Crippen molar-refractivity contribution in [3.05, 3.63) is 59.2 Å². The van der Waals surface area contributed by atoms with Crippen molar-refractivity contribution in [3.63, 3.8) is 0 Å². The van der Waals surface area contributed by atoms with Crippen molar-refractivity contribution in [2.45, 2.75) is 6.04 Å². The van der Waals surface area contributed by atoms with Crippen LogP contribution in [0.2, 0.25) is 0 Å². The normalized spacial score (nSPS) is 16.2. The Labute approximate surface area is 132 Å². The zero-order valence-corrected chi connectivity index (χ0v) is 12.5. The number of nitrogens with zero attached hydrogens (tertiary/aromatic N) is 3. The monoisotopic (exact) mass is 313 g/mol. The Balaban J connectivity index is 2.09. The first-order valence-electron chi connectivity index (χ1n) is 6.93. The second kappa shape index (κ2) is 5.36. The number of hydrogen-bond acceptors (Lipinski definition) is 3. The molecule has 0 radical (unpaired) electrons. The third kappa shape index (κ3) is 2.30. The van der Waals surface area contributed by atoms with E-state index in [1.165, 1.54) is 4.90 Å². The first-order valence-corrected chi connectivity index (χ1v) is 6.93. The highest BCUT2D eigenvalue weighted by molar-refractivity contribution is 6.11. The van der Waals surface area contributed by atoms with E-state index in [-0.39, 0.29) is 11.1 Å². The molecule has 1 aliphatic heterocycles. The van der Waals surface area contributed by atoms with Gasteiger partial charge in [0.1, 0.15) is 11.6 Å². The molecule has 6 heteroatoms. The smallest absolute Gasteiger partial charge is 0.263 e. The van der Waals surface area contributed by atoms with Crippen LogP contribution in [0.1, 0.15) is 22.0 Å². The van der Waals surface area contributed by atoms with Crippen LogP contribution in [0.3, 0.4) is 0 Å². The molecule has 0 N–H and O–H groups in total. The minimum Gasteiger partial charge on any atom is -0.378 e. The Kier molecular flexibility index (Phi) is 3.49. The van der Waals surface area contributed by atoms with Crippen LogP contribution in [-0.2, 0) is 0 Å². The van der Waals surface area contributed by atoms with Gasteiger partial charge >= 0.3 is 0 Å². The summed E-state index contributed by atoms with van der Waals surface area (Å²) in [5.41, 5.74) is 1.20. The molecule has 0 fully saturated rings. The van der Waals surface area contributed by atoms with Gasteiger partial charge in [-0.05, 0) is 30.3 Å². The lowest BCUT2D eigenvalue weighted by Crippen LogP contribution is -2.27. The van der Waals surface area contributed by atoms with Crippen LogP contribution in [0, 0.1) is 23.0 Å². The second-order valence-electron chi connectivity index (χ2n) is 5.47. The molecule has 0 aliphatic carbocycles. The molecule has 4 nitrogen and oxygen atoms in total. The van der Waals surface area contributed by atoms with Crippen LogP contribution >= 0.6 is 0 Å². The predicted octanol–water partition coefficient (Wildman–Crippen LogP) is 3.26. The van der Waals surface area contributed by atoms with Crippen LogP contribution in [0.25, 0.3) is 0 Å². The number of fused-ring (bicyclic) bond motifs is 1. The van der Waals surface area contributed by atoms with Crippen molar-refractivity contribution in [2.24, 2.45) is 0 Å². The molecule has 3 rings (SSSR count). The van der Waals surface area contributed by atoms with E-state index >= 15 is 0 Å². The fourth-order valence-electron chi connectivity index (χ4n) is 2.72. The number of hydrogen-bond donors (Lipinski definition) is 0. The molecule has 1 unspecified atom stereocenters. The van der Waals surface area contributed by atoms with Crippen molar-refractivity contribution in [3.8, 4) is 6.07 Å². The molecule has 0 saturated carbocycles. The van der Waals surface area contributed by atoms with E-state index in [4.69, 9.17) is 0 Å². The zero-order valence-electron chi connectivity index (χ0n) is 12.5. The Morgan fingerprint density at radius 1 is 1.17 bits per heavy atom. The van der Waals surface area contributed by atoms with Crippen LogP contribution in [0.5, 0.6) is 0 Å². The van der Waals surface area contributed by atoms with Gasteiger partial charge in [-0.3, -0.25) is 9.69 Å². The number of halogens is 2. The van der Waals surface area contributed by atoms with E-state index in [0.717, 1.165) is 11.8 Å². The third-order valence-electron chi connectivity index (χ3n) is 3.84. The van der Waals surface area contributed by atoms with Crippen molar-refractivity contribution < 1.29 is 13.6 Å². The Morgan fingerprint density at radius 3 is 2.39 bits per heavy atom. The lowest BCUT2D eigenvalue weighted by molar-refractivity contribution is 0.0991. The molecule has 0 aromatic heterocycles. The summed E-state index contributed by atoms with van der Waals surface area (Å²) in [7, 11) is 3.75. The van der Waals surface area contributed by atoms with Gasteiger partial charge in [-0.25, -0.2) is 8.78 Å². The second-order valence-corrected chi connectivity index (χ2v) is 5.47. The minimum absolute atomic E-state index is 0.0617. The average Bonchev–Trinajstić information content (AvgIpc) is 2.79. The van der Waals surface area contributed by atoms with Gasteiger partial charge in [-0.15, -0.1) is 0 Å². The van der Waals surface area contributed by atoms with Crippen molar-refractivity contribution in [1.29, 1.82) is 5.26 Å².